The van der Waals surface area contributed by atoms with Crippen LogP contribution in [0.15, 0.2) is 54.6 Å². The van der Waals surface area contributed by atoms with E-state index in [0.717, 1.165) is 0 Å². The first-order valence-electron chi connectivity index (χ1n) is 12.2. The fraction of sp³-hybridized carbons (Fsp3) is 0.276. The molecule has 1 fully saturated rings. The molecule has 1 saturated heterocycles. The number of carbonyl (C=O) groups excluding carboxylic acids is 2. The molecule has 3 aromatic carbocycles. The van der Waals surface area contributed by atoms with Crippen molar-refractivity contribution in [1.29, 1.82) is 0 Å². The molecule has 2 aliphatic heterocycles. The predicted molar refractivity (Wildman–Crippen MR) is 145 cm³/mol. The molecule has 1 spiro atoms. The summed E-state index contributed by atoms with van der Waals surface area (Å²) in [5, 5.41) is 16.3. The smallest absolute Gasteiger partial charge is 0.347 e. The number of rotatable bonds is 5. The summed E-state index contributed by atoms with van der Waals surface area (Å²) in [5.74, 6) is -3.24. The number of hydrogen-bond acceptors (Lipinski definition) is 4. The highest BCUT2D eigenvalue weighted by molar-refractivity contribution is 6.31. The van der Waals surface area contributed by atoms with E-state index in [-0.39, 0.29) is 18.1 Å². The zero-order valence-electron chi connectivity index (χ0n) is 21.3. The van der Waals surface area contributed by atoms with Gasteiger partial charge in [0.05, 0.1) is 6.04 Å². The molecule has 2 amide bonds. The molecule has 0 bridgehead atoms. The monoisotopic (exact) mass is 570 g/mol. The first-order chi connectivity index (χ1) is 18.3. The van der Waals surface area contributed by atoms with E-state index in [4.69, 9.17) is 27.9 Å². The zero-order valence-corrected chi connectivity index (χ0v) is 22.8. The summed E-state index contributed by atoms with van der Waals surface area (Å²) in [5.41, 5.74) is -0.615. The number of halogens is 3. The van der Waals surface area contributed by atoms with E-state index in [1.54, 1.807) is 43.3 Å². The van der Waals surface area contributed by atoms with Gasteiger partial charge in [-0.1, -0.05) is 35.3 Å². The van der Waals surface area contributed by atoms with E-state index in [1.165, 1.54) is 32.0 Å². The number of carboxylic acids is 1. The lowest BCUT2D eigenvalue weighted by molar-refractivity contribution is -0.152. The van der Waals surface area contributed by atoms with Crippen LogP contribution < -0.4 is 15.4 Å². The number of aliphatic carboxylic acids is 1. The summed E-state index contributed by atoms with van der Waals surface area (Å²) in [7, 11) is 0. The second kappa shape index (κ2) is 9.54. The number of anilines is 1. The number of hydrogen-bond donors (Lipinski definition) is 3. The molecular weight excluding hydrogens is 546 g/mol. The molecule has 39 heavy (non-hydrogen) atoms. The van der Waals surface area contributed by atoms with Gasteiger partial charge in [-0.25, -0.2) is 9.18 Å². The summed E-state index contributed by atoms with van der Waals surface area (Å²) < 4.78 is 20.6. The third kappa shape index (κ3) is 4.41. The zero-order chi connectivity index (χ0) is 28.3. The fourth-order valence-electron chi connectivity index (χ4n) is 5.65. The summed E-state index contributed by atoms with van der Waals surface area (Å²) in [6.45, 7) is 4.57. The molecule has 0 aliphatic carbocycles. The van der Waals surface area contributed by atoms with Crippen LogP contribution >= 0.6 is 23.2 Å². The number of aryl methyl sites for hydroxylation is 1. The van der Waals surface area contributed by atoms with Gasteiger partial charge in [0.1, 0.15) is 17.0 Å². The molecule has 3 atom stereocenters. The van der Waals surface area contributed by atoms with Crippen LogP contribution in [0.2, 0.25) is 10.0 Å². The molecule has 7 nitrogen and oxygen atoms in total. The molecule has 2 aliphatic rings. The molecule has 2 heterocycles. The summed E-state index contributed by atoms with van der Waals surface area (Å²) in [6.07, 6.45) is -0.148. The van der Waals surface area contributed by atoms with Crippen LogP contribution in [0, 0.1) is 12.7 Å². The van der Waals surface area contributed by atoms with Gasteiger partial charge >= 0.3 is 5.97 Å². The lowest BCUT2D eigenvalue weighted by Crippen LogP contribution is -2.57. The third-order valence-corrected chi connectivity index (χ3v) is 8.00. The highest BCUT2D eigenvalue weighted by Gasteiger charge is 2.62. The quantitative estimate of drug-likeness (QED) is 0.353. The summed E-state index contributed by atoms with van der Waals surface area (Å²) in [4.78, 5) is 39.4. The minimum Gasteiger partial charge on any atom is -0.478 e. The molecule has 0 aromatic heterocycles. The molecule has 0 saturated carbocycles. The highest BCUT2D eigenvalue weighted by atomic mass is 35.5. The number of piperidine rings is 1. The maximum atomic E-state index is 14.6. The molecule has 0 unspecified atom stereocenters. The van der Waals surface area contributed by atoms with Crippen molar-refractivity contribution in [3.8, 4) is 5.75 Å². The standard InChI is InChI=1S/C29H25Cl2FN2O5/c1-14-4-7-17(32)12-18(14)25-29(20-8-5-16(31)11-22(20)33-26(29)36)21(13-24(35)34-25)19-10-15(30)6-9-23(19)39-28(2,3)27(37)38/h4-12,21,25H,13H2,1-3H3,(H,33,36)(H,34,35)(H,37,38)/t21-,25+,29-/m1/s1. The Morgan fingerprint density at radius 2 is 1.74 bits per heavy atom. The van der Waals surface area contributed by atoms with E-state index >= 15 is 0 Å². The van der Waals surface area contributed by atoms with Crippen molar-refractivity contribution in [2.24, 2.45) is 0 Å². The number of ether oxygens (including phenoxy) is 1. The van der Waals surface area contributed by atoms with Crippen molar-refractivity contribution in [1.82, 2.24) is 5.32 Å². The van der Waals surface area contributed by atoms with Gasteiger partial charge in [0.2, 0.25) is 11.8 Å². The van der Waals surface area contributed by atoms with E-state index in [2.05, 4.69) is 10.6 Å². The minimum atomic E-state index is -1.63. The maximum absolute atomic E-state index is 14.6. The van der Waals surface area contributed by atoms with E-state index in [0.29, 0.717) is 38.0 Å². The Kier molecular flexibility index (Phi) is 6.59. The van der Waals surface area contributed by atoms with Crippen molar-refractivity contribution >= 4 is 46.7 Å². The number of fused-ring (bicyclic) bond motifs is 2. The predicted octanol–water partition coefficient (Wildman–Crippen LogP) is 5.92. The first kappa shape index (κ1) is 27.0. The molecule has 0 radical (unpaired) electrons. The van der Waals surface area contributed by atoms with E-state index in [1.807, 2.05) is 0 Å². The van der Waals surface area contributed by atoms with Crippen molar-refractivity contribution < 1.29 is 28.6 Å². The SMILES string of the molecule is Cc1ccc(F)cc1[C@@H]1NC(=O)C[C@H](c2cc(Cl)ccc2OC(C)(C)C(=O)O)[C@@]12C(=O)Nc1cc(Cl)ccc12. The molecule has 3 N–H and O–H groups in total. The number of amides is 2. The van der Waals surface area contributed by atoms with Gasteiger partial charge in [-0.2, -0.15) is 0 Å². The number of benzene rings is 3. The fourth-order valence-corrected chi connectivity index (χ4v) is 6.00. The van der Waals surface area contributed by atoms with Gasteiger partial charge in [0.15, 0.2) is 5.60 Å². The Labute approximate surface area is 234 Å². The largest absolute Gasteiger partial charge is 0.478 e. The normalized spacial score (nSPS) is 22.3. The topological polar surface area (TPSA) is 105 Å². The molecule has 10 heteroatoms. The number of carbonyl (C=O) groups is 3. The Morgan fingerprint density at radius 3 is 2.46 bits per heavy atom. The van der Waals surface area contributed by atoms with Gasteiger partial charge in [0.25, 0.3) is 0 Å². The lowest BCUT2D eigenvalue weighted by atomic mass is 9.59. The molecule has 5 rings (SSSR count). The second-order valence-electron chi connectivity index (χ2n) is 10.4. The first-order valence-corrected chi connectivity index (χ1v) is 13.0. The third-order valence-electron chi connectivity index (χ3n) is 7.53. The van der Waals surface area contributed by atoms with Crippen LogP contribution in [-0.4, -0.2) is 28.5 Å². The van der Waals surface area contributed by atoms with Crippen LogP contribution in [0.3, 0.4) is 0 Å². The molecule has 3 aromatic rings. The number of nitrogens with one attached hydrogen (secondary N) is 2. The van der Waals surface area contributed by atoms with Crippen LogP contribution in [-0.2, 0) is 19.8 Å². The maximum Gasteiger partial charge on any atom is 0.347 e. The number of carboxylic acid groups (broad SMARTS) is 1. The average Bonchev–Trinajstić information content (AvgIpc) is 3.14. The molecular formula is C29H25Cl2FN2O5. The average molecular weight is 571 g/mol. The summed E-state index contributed by atoms with van der Waals surface area (Å²) >= 11 is 12.7. The Hall–Kier alpha value is -3.62. The Bertz CT molecular complexity index is 1540. The van der Waals surface area contributed by atoms with Crippen molar-refractivity contribution in [2.45, 2.75) is 50.2 Å². The van der Waals surface area contributed by atoms with Crippen LogP contribution in [0.4, 0.5) is 10.1 Å². The van der Waals surface area contributed by atoms with Crippen molar-refractivity contribution in [3.63, 3.8) is 0 Å². The summed E-state index contributed by atoms with van der Waals surface area (Å²) in [6, 6.07) is 12.9. The van der Waals surface area contributed by atoms with Crippen LogP contribution in [0.25, 0.3) is 0 Å². The van der Waals surface area contributed by atoms with Gasteiger partial charge in [-0.05, 0) is 79.9 Å². The van der Waals surface area contributed by atoms with Crippen LogP contribution in [0.5, 0.6) is 5.75 Å². The minimum absolute atomic E-state index is 0.148. The van der Waals surface area contributed by atoms with Crippen LogP contribution in [0.1, 0.15) is 54.5 Å². The Morgan fingerprint density at radius 1 is 1.05 bits per heavy atom. The van der Waals surface area contributed by atoms with Gasteiger partial charge < -0.3 is 20.5 Å². The van der Waals surface area contributed by atoms with Gasteiger partial charge in [0, 0.05) is 33.6 Å². The molecule has 202 valence electrons. The Balaban J connectivity index is 1.82. The van der Waals surface area contributed by atoms with E-state index < -0.39 is 40.7 Å². The van der Waals surface area contributed by atoms with Gasteiger partial charge in [-0.15, -0.1) is 0 Å². The van der Waals surface area contributed by atoms with Gasteiger partial charge in [-0.3, -0.25) is 9.59 Å². The second-order valence-corrected chi connectivity index (χ2v) is 11.2. The van der Waals surface area contributed by atoms with Crippen molar-refractivity contribution in [2.75, 3.05) is 5.32 Å². The van der Waals surface area contributed by atoms with E-state index in [9.17, 15) is 23.9 Å². The highest BCUT2D eigenvalue weighted by Crippen LogP contribution is 2.59. The van der Waals surface area contributed by atoms with Crippen molar-refractivity contribution in [3.05, 3.63) is 92.7 Å². The lowest BCUT2D eigenvalue weighted by Gasteiger charge is -2.47.